The molecule has 322 valence electrons. The largest absolute Gasteiger partial charge is 0.491 e. The second kappa shape index (κ2) is 25.6. The van der Waals surface area contributed by atoms with Gasteiger partial charge in [-0.25, -0.2) is 4.68 Å². The van der Waals surface area contributed by atoms with Gasteiger partial charge in [0.25, 0.3) is 11.5 Å². The van der Waals surface area contributed by atoms with E-state index in [2.05, 4.69) is 26.4 Å². The third-order valence-corrected chi connectivity index (χ3v) is 8.85. The summed E-state index contributed by atoms with van der Waals surface area (Å²) in [5.41, 5.74) is 3.29. The number of nitrogens with zero attached hydrogens (tertiary/aromatic N) is 2. The minimum Gasteiger partial charge on any atom is -0.491 e. The Morgan fingerprint density at radius 2 is 1.38 bits per heavy atom. The predicted octanol–water partition coefficient (Wildman–Crippen LogP) is 3.25. The Kier molecular flexibility index (Phi) is 19.3. The van der Waals surface area contributed by atoms with Gasteiger partial charge >= 0.3 is 0 Å². The summed E-state index contributed by atoms with van der Waals surface area (Å²) in [6.07, 6.45) is 1.38. The third-order valence-electron chi connectivity index (χ3n) is 8.85. The highest BCUT2D eigenvalue weighted by atomic mass is 16.6. The van der Waals surface area contributed by atoms with Gasteiger partial charge in [-0.05, 0) is 66.9 Å². The van der Waals surface area contributed by atoms with Crippen molar-refractivity contribution in [2.45, 2.75) is 25.5 Å². The monoisotopic (exact) mass is 830 g/mol. The molecule has 0 radical (unpaired) electrons. The zero-order valence-corrected chi connectivity index (χ0v) is 33.9. The van der Waals surface area contributed by atoms with Gasteiger partial charge < -0.3 is 54.4 Å². The SMILES string of the molecule is Cn1nc(C2Nc3cc(NC(=O)c4ccc(OCCOCCOCCOCCOCCOCCNC(=O)CNC(=O)CCCc5ccccc5)cc4)ccc3O2)ccc1=O. The number of fused-ring (bicyclic) bond motifs is 1. The van der Waals surface area contributed by atoms with Crippen molar-refractivity contribution >= 4 is 29.1 Å². The molecule has 3 aromatic carbocycles. The summed E-state index contributed by atoms with van der Waals surface area (Å²) in [4.78, 5) is 48.4. The topological polar surface area (TPSA) is 199 Å². The van der Waals surface area contributed by atoms with Crippen LogP contribution < -0.4 is 36.3 Å². The second-order valence-corrected chi connectivity index (χ2v) is 13.4. The van der Waals surface area contributed by atoms with E-state index in [4.69, 9.17) is 33.2 Å². The van der Waals surface area contributed by atoms with Gasteiger partial charge in [0, 0.05) is 37.3 Å². The number of hydrogen-bond donors (Lipinski definition) is 4. The fourth-order valence-corrected chi connectivity index (χ4v) is 5.71. The van der Waals surface area contributed by atoms with Crippen LogP contribution in [-0.2, 0) is 46.7 Å². The summed E-state index contributed by atoms with van der Waals surface area (Å²) in [5, 5.41) is 15.7. The molecule has 1 aliphatic heterocycles. The summed E-state index contributed by atoms with van der Waals surface area (Å²) >= 11 is 0. The zero-order valence-electron chi connectivity index (χ0n) is 33.9. The van der Waals surface area contributed by atoms with Gasteiger partial charge in [0.2, 0.25) is 18.0 Å². The molecule has 0 saturated heterocycles. The van der Waals surface area contributed by atoms with E-state index in [1.165, 1.54) is 16.3 Å². The van der Waals surface area contributed by atoms with Crippen LogP contribution in [0.2, 0.25) is 0 Å². The smallest absolute Gasteiger partial charge is 0.266 e. The first-order valence-electron chi connectivity index (χ1n) is 20.0. The minimum absolute atomic E-state index is 0.0520. The van der Waals surface area contributed by atoms with Crippen molar-refractivity contribution in [3.05, 3.63) is 112 Å². The molecule has 1 unspecified atom stereocenters. The number of nitrogens with one attached hydrogen (secondary N) is 4. The molecule has 4 N–H and O–H groups in total. The van der Waals surface area contributed by atoms with Gasteiger partial charge in [0.1, 0.15) is 23.8 Å². The summed E-state index contributed by atoms with van der Waals surface area (Å²) in [6, 6.07) is 25.1. The molecule has 1 aliphatic rings. The van der Waals surface area contributed by atoms with Crippen LogP contribution in [0.15, 0.2) is 89.7 Å². The molecule has 60 heavy (non-hydrogen) atoms. The summed E-state index contributed by atoms with van der Waals surface area (Å²) in [7, 11) is 1.58. The fourth-order valence-electron chi connectivity index (χ4n) is 5.71. The number of hydrogen-bond acceptors (Lipinski definition) is 13. The van der Waals surface area contributed by atoms with Gasteiger partial charge in [-0.3, -0.25) is 19.2 Å². The van der Waals surface area contributed by atoms with E-state index in [0.29, 0.717) is 120 Å². The Morgan fingerprint density at radius 3 is 2.05 bits per heavy atom. The lowest BCUT2D eigenvalue weighted by Crippen LogP contribution is -2.38. The van der Waals surface area contributed by atoms with Crippen LogP contribution >= 0.6 is 0 Å². The number of rotatable bonds is 28. The Hall–Kier alpha value is -5.85. The summed E-state index contributed by atoms with van der Waals surface area (Å²) in [6.45, 7) is 4.71. The van der Waals surface area contributed by atoms with Crippen molar-refractivity contribution in [3.63, 3.8) is 0 Å². The molecule has 4 aromatic rings. The van der Waals surface area contributed by atoms with Crippen LogP contribution in [0.1, 0.15) is 40.7 Å². The number of aromatic nitrogens is 2. The van der Waals surface area contributed by atoms with Crippen LogP contribution in [0.3, 0.4) is 0 Å². The lowest BCUT2D eigenvalue weighted by molar-refractivity contribution is -0.126. The number of carbonyl (C=O) groups excluding carboxylic acids is 3. The molecule has 0 spiro atoms. The number of benzene rings is 3. The average Bonchev–Trinajstić information content (AvgIpc) is 3.69. The first-order chi connectivity index (χ1) is 29.3. The maximum absolute atomic E-state index is 12.9. The van der Waals surface area contributed by atoms with Gasteiger partial charge in [0.15, 0.2) is 0 Å². The van der Waals surface area contributed by atoms with E-state index in [1.54, 1.807) is 55.6 Å². The van der Waals surface area contributed by atoms with Gasteiger partial charge in [0.05, 0.1) is 78.3 Å². The highest BCUT2D eigenvalue weighted by Crippen LogP contribution is 2.39. The van der Waals surface area contributed by atoms with Crippen molar-refractivity contribution in [1.29, 1.82) is 0 Å². The molecule has 17 heteroatoms. The first kappa shape index (κ1) is 45.2. The predicted molar refractivity (Wildman–Crippen MR) is 222 cm³/mol. The standard InChI is InChI=1S/C43H54N6O11/c1-49-41(52)17-15-36(48-49)43-47-37-30-34(12-16-38(37)60-43)46-42(53)33-10-13-35(14-11-33)59-29-28-58-27-26-57-25-24-56-23-22-55-21-20-54-19-18-44-40(51)31-45-39(50)9-5-8-32-6-3-2-4-7-32/h2-4,6-7,10-17,30,43,47H,5,8-9,18-29,31H2,1H3,(H,44,51)(H,45,50)(H,46,53). The number of carbonyl (C=O) groups is 3. The van der Waals surface area contributed by atoms with Crippen molar-refractivity contribution in [2.24, 2.45) is 7.05 Å². The fraction of sp³-hybridized carbons (Fsp3) is 0.419. The van der Waals surface area contributed by atoms with E-state index in [9.17, 15) is 19.2 Å². The van der Waals surface area contributed by atoms with Crippen LogP contribution in [0.4, 0.5) is 11.4 Å². The molecule has 3 amide bonds. The number of aryl methyl sites for hydroxylation is 2. The number of amides is 3. The van der Waals surface area contributed by atoms with Crippen LogP contribution in [0, 0.1) is 0 Å². The number of ether oxygens (including phenoxy) is 7. The molecule has 1 aromatic heterocycles. The minimum atomic E-state index is -0.551. The summed E-state index contributed by atoms with van der Waals surface area (Å²) < 4.78 is 40.4. The molecule has 5 rings (SSSR count). The first-order valence-corrected chi connectivity index (χ1v) is 20.0. The lowest BCUT2D eigenvalue weighted by atomic mass is 10.1. The maximum Gasteiger partial charge on any atom is 0.266 e. The van der Waals surface area contributed by atoms with Gasteiger partial charge in [-0.1, -0.05) is 30.3 Å². The molecule has 1 atom stereocenters. The average molecular weight is 831 g/mol. The molecule has 2 heterocycles. The van der Waals surface area contributed by atoms with Crippen LogP contribution in [0.25, 0.3) is 0 Å². The van der Waals surface area contributed by atoms with Crippen molar-refractivity contribution in [1.82, 2.24) is 20.4 Å². The second-order valence-electron chi connectivity index (χ2n) is 13.4. The van der Waals surface area contributed by atoms with Gasteiger partial charge in [-0.15, -0.1) is 0 Å². The van der Waals surface area contributed by atoms with Crippen LogP contribution in [-0.4, -0.2) is 113 Å². The highest BCUT2D eigenvalue weighted by molar-refractivity contribution is 6.04. The Morgan fingerprint density at radius 1 is 0.733 bits per heavy atom. The van der Waals surface area contributed by atoms with Crippen LogP contribution in [0.5, 0.6) is 11.5 Å². The lowest BCUT2D eigenvalue weighted by Gasteiger charge is -2.10. The highest BCUT2D eigenvalue weighted by Gasteiger charge is 2.25. The van der Waals surface area contributed by atoms with Crippen molar-refractivity contribution in [2.75, 3.05) is 96.4 Å². The Balaban J connectivity index is 0.775. The quantitative estimate of drug-likeness (QED) is 0.0610. The summed E-state index contributed by atoms with van der Waals surface area (Å²) in [5.74, 6) is 0.556. The molecular weight excluding hydrogens is 777 g/mol. The number of anilines is 2. The molecule has 0 fully saturated rings. The van der Waals surface area contributed by atoms with E-state index in [-0.39, 0.29) is 29.8 Å². The van der Waals surface area contributed by atoms with E-state index in [0.717, 1.165) is 12.8 Å². The molecule has 0 bridgehead atoms. The Labute approximate surface area is 349 Å². The molecule has 17 nitrogen and oxygen atoms in total. The van der Waals surface area contributed by atoms with Gasteiger partial charge in [-0.2, -0.15) is 5.10 Å². The van der Waals surface area contributed by atoms with E-state index in [1.807, 2.05) is 30.3 Å². The third kappa shape index (κ3) is 16.4. The van der Waals surface area contributed by atoms with Crippen molar-refractivity contribution in [3.8, 4) is 11.5 Å². The van der Waals surface area contributed by atoms with E-state index < -0.39 is 6.23 Å². The molecule has 0 saturated carbocycles. The van der Waals surface area contributed by atoms with E-state index >= 15 is 0 Å². The van der Waals surface area contributed by atoms with Crippen molar-refractivity contribution < 1.29 is 47.5 Å². The molecule has 0 aliphatic carbocycles. The zero-order chi connectivity index (χ0) is 42.2. The Bertz CT molecular complexity index is 1980. The molecular formula is C43H54N6O11. The normalized spacial score (nSPS) is 12.8. The maximum atomic E-state index is 12.9.